The highest BCUT2D eigenvalue weighted by Gasteiger charge is 2.26. The highest BCUT2D eigenvalue weighted by atomic mass is 14.8. The van der Waals surface area contributed by atoms with Gasteiger partial charge in [0, 0.05) is 23.9 Å². The van der Waals surface area contributed by atoms with Gasteiger partial charge in [0.05, 0.1) is 11.4 Å². The Morgan fingerprint density at radius 1 is 0.520 bits per heavy atom. The van der Waals surface area contributed by atoms with E-state index in [0.29, 0.717) is 5.92 Å². The first-order chi connectivity index (χ1) is 24.6. The molecule has 3 unspecified atom stereocenters. The van der Waals surface area contributed by atoms with Crippen molar-refractivity contribution in [3.05, 3.63) is 186 Å². The van der Waals surface area contributed by atoms with Gasteiger partial charge in [0.1, 0.15) is 0 Å². The van der Waals surface area contributed by atoms with Crippen molar-refractivity contribution in [2.24, 2.45) is 10.9 Å². The van der Waals surface area contributed by atoms with Crippen molar-refractivity contribution in [1.82, 2.24) is 4.98 Å². The van der Waals surface area contributed by atoms with Gasteiger partial charge < -0.3 is 0 Å². The molecule has 0 fully saturated rings. The maximum absolute atomic E-state index is 5.76. The summed E-state index contributed by atoms with van der Waals surface area (Å²) in [4.78, 5) is 10.1. The van der Waals surface area contributed by atoms with Crippen LogP contribution in [0.15, 0.2) is 175 Å². The summed E-state index contributed by atoms with van der Waals surface area (Å²) >= 11 is 0. The molecule has 1 aliphatic rings. The monoisotopic (exact) mass is 644 g/mol. The van der Waals surface area contributed by atoms with E-state index in [1.807, 2.05) is 18.5 Å². The fourth-order valence-corrected chi connectivity index (χ4v) is 7.55. The third-order valence-electron chi connectivity index (χ3n) is 10.3. The summed E-state index contributed by atoms with van der Waals surface area (Å²) in [6, 6.07) is 57.0. The van der Waals surface area contributed by atoms with Gasteiger partial charge in [-0.05, 0) is 91.4 Å². The average Bonchev–Trinajstić information content (AvgIpc) is 3.36. The van der Waals surface area contributed by atoms with Gasteiger partial charge in [-0.2, -0.15) is 0 Å². The summed E-state index contributed by atoms with van der Waals surface area (Å²) in [5, 5.41) is 2.29. The first-order valence-electron chi connectivity index (χ1n) is 17.7. The zero-order chi connectivity index (χ0) is 33.9. The Kier molecular flexibility index (Phi) is 8.76. The van der Waals surface area contributed by atoms with Crippen molar-refractivity contribution in [3.63, 3.8) is 0 Å². The summed E-state index contributed by atoms with van der Waals surface area (Å²) in [5.41, 5.74) is 13.3. The quantitative estimate of drug-likeness (QED) is 0.169. The van der Waals surface area contributed by atoms with Crippen molar-refractivity contribution in [2.75, 3.05) is 0 Å². The molecule has 0 N–H and O–H groups in total. The molecule has 0 bridgehead atoms. The minimum atomic E-state index is 0.113. The van der Waals surface area contributed by atoms with E-state index in [2.05, 4.69) is 177 Å². The average molecular weight is 645 g/mol. The second-order valence-electron chi connectivity index (χ2n) is 13.5. The predicted octanol–water partition coefficient (Wildman–Crippen LogP) is 11.0. The smallest absolute Gasteiger partial charge is 0.0726 e. The van der Waals surface area contributed by atoms with Gasteiger partial charge in [-0.25, -0.2) is 0 Å². The zero-order valence-electron chi connectivity index (χ0n) is 28.6. The second kappa shape index (κ2) is 13.9. The lowest BCUT2D eigenvalue weighted by molar-refractivity contribution is 0.413. The van der Waals surface area contributed by atoms with Crippen LogP contribution in [0.25, 0.3) is 61.7 Å². The molecular formula is C48H40N2. The molecule has 7 aromatic rings. The number of hydrogen-bond donors (Lipinski definition) is 0. The zero-order valence-corrected chi connectivity index (χ0v) is 28.6. The van der Waals surface area contributed by atoms with Gasteiger partial charge in [0.15, 0.2) is 0 Å². The fourth-order valence-electron chi connectivity index (χ4n) is 7.55. The van der Waals surface area contributed by atoms with E-state index in [1.54, 1.807) is 0 Å². The van der Waals surface area contributed by atoms with Gasteiger partial charge in [-0.3, -0.25) is 9.98 Å². The Bertz CT molecular complexity index is 2360. The van der Waals surface area contributed by atoms with Crippen LogP contribution in [0.4, 0.5) is 0 Å². The van der Waals surface area contributed by atoms with Crippen molar-refractivity contribution >= 4 is 6.08 Å². The van der Waals surface area contributed by atoms with E-state index < -0.39 is 0 Å². The lowest BCUT2D eigenvalue weighted by Crippen LogP contribution is -2.30. The molecule has 0 spiro atoms. The number of fused-ring (bicyclic) bond motifs is 1. The van der Waals surface area contributed by atoms with Crippen LogP contribution in [-0.2, 0) is 0 Å². The highest BCUT2D eigenvalue weighted by Crippen LogP contribution is 2.37. The normalized spacial score (nSPS) is 16.0. The Morgan fingerprint density at radius 3 is 1.70 bits per heavy atom. The molecule has 6 aromatic carbocycles. The van der Waals surface area contributed by atoms with Crippen molar-refractivity contribution in [1.29, 1.82) is 0 Å². The molecule has 0 saturated heterocycles. The number of rotatable bonds is 7. The van der Waals surface area contributed by atoms with Crippen LogP contribution >= 0.6 is 0 Å². The Hall–Kier alpha value is -5.86. The molecule has 50 heavy (non-hydrogen) atoms. The van der Waals surface area contributed by atoms with E-state index in [9.17, 15) is 0 Å². The fraction of sp³-hybridized carbons (Fsp3) is 0.125. The molecule has 2 heteroatoms. The van der Waals surface area contributed by atoms with E-state index in [1.165, 1.54) is 60.9 Å². The molecule has 2 heterocycles. The Balaban J connectivity index is 1.32. The molecule has 242 valence electrons. The van der Waals surface area contributed by atoms with Crippen LogP contribution in [-0.4, -0.2) is 11.0 Å². The maximum Gasteiger partial charge on any atom is 0.0726 e. The first kappa shape index (κ1) is 31.4. The number of hydrogen-bond acceptors (Lipinski definition) is 2. The van der Waals surface area contributed by atoms with Crippen LogP contribution < -0.4 is 10.6 Å². The number of nitrogens with zero attached hydrogens (tertiary/aromatic N) is 2. The van der Waals surface area contributed by atoms with E-state index in [-0.39, 0.29) is 12.0 Å². The summed E-state index contributed by atoms with van der Waals surface area (Å²) in [6.45, 7) is 4.71. The number of benzene rings is 6. The minimum absolute atomic E-state index is 0.113. The van der Waals surface area contributed by atoms with E-state index in [4.69, 9.17) is 4.99 Å². The summed E-state index contributed by atoms with van der Waals surface area (Å²) in [6.07, 6.45) is 7.14. The molecule has 0 saturated carbocycles. The summed E-state index contributed by atoms with van der Waals surface area (Å²) in [5.74, 6) is 0.607. The van der Waals surface area contributed by atoms with Crippen molar-refractivity contribution in [2.45, 2.75) is 32.2 Å². The van der Waals surface area contributed by atoms with Gasteiger partial charge in [-0.15, -0.1) is 0 Å². The molecular weight excluding hydrogens is 605 g/mol. The molecule has 0 aliphatic carbocycles. The summed E-state index contributed by atoms with van der Waals surface area (Å²) < 4.78 is 0. The maximum atomic E-state index is 5.76. The van der Waals surface area contributed by atoms with Gasteiger partial charge >= 0.3 is 0 Å². The van der Waals surface area contributed by atoms with Crippen LogP contribution in [0.2, 0.25) is 0 Å². The van der Waals surface area contributed by atoms with E-state index in [0.717, 1.165) is 17.3 Å². The van der Waals surface area contributed by atoms with Crippen LogP contribution in [0.5, 0.6) is 0 Å². The Morgan fingerprint density at radius 2 is 1.08 bits per heavy atom. The first-order valence-corrected chi connectivity index (χ1v) is 17.7. The lowest BCUT2D eigenvalue weighted by Gasteiger charge is -2.26. The molecule has 0 amide bonds. The van der Waals surface area contributed by atoms with Crippen molar-refractivity contribution in [3.8, 4) is 55.6 Å². The van der Waals surface area contributed by atoms with Gasteiger partial charge in [0.2, 0.25) is 0 Å². The number of aromatic nitrogens is 1. The molecule has 2 nitrogen and oxygen atoms in total. The predicted molar refractivity (Wildman–Crippen MR) is 209 cm³/mol. The van der Waals surface area contributed by atoms with Crippen LogP contribution in [0.1, 0.15) is 31.7 Å². The van der Waals surface area contributed by atoms with Gasteiger partial charge in [0.25, 0.3) is 0 Å². The van der Waals surface area contributed by atoms with E-state index >= 15 is 0 Å². The third-order valence-corrected chi connectivity index (χ3v) is 10.3. The highest BCUT2D eigenvalue weighted by molar-refractivity contribution is 5.88. The molecule has 3 atom stereocenters. The molecule has 0 radical (unpaired) electrons. The summed E-state index contributed by atoms with van der Waals surface area (Å²) in [7, 11) is 0. The molecule has 1 aromatic heterocycles. The lowest BCUT2D eigenvalue weighted by atomic mass is 9.84. The van der Waals surface area contributed by atoms with Crippen LogP contribution in [0.3, 0.4) is 0 Å². The minimum Gasteiger partial charge on any atom is -0.280 e. The SMILES string of the molecule is CC1CC=c2cc(-c3ccccc3-c3ccccc3)cc(-c3ccccc3-c3ccccc3)c2=NC1C(C)c1ccc(-c2cccnc2)cc1. The standard InChI is InChI=1S/C48H40N2/c1-33-23-24-39-30-41(44-21-10-9-19-42(44)37-14-5-3-6-15-37)31-46(45-22-12-11-20-43(45)38-16-7-4-8-17-38)48(39)50-47(33)34(2)35-25-27-36(28-26-35)40-18-13-29-49-32-40/h3-22,24-34,47H,23H2,1-2H3. The van der Waals surface area contributed by atoms with Crippen LogP contribution in [0, 0.1) is 5.92 Å². The Labute approximate surface area is 295 Å². The number of pyridine rings is 1. The molecule has 1 aliphatic heterocycles. The van der Waals surface area contributed by atoms with Gasteiger partial charge in [-0.1, -0.05) is 159 Å². The largest absolute Gasteiger partial charge is 0.280 e. The third kappa shape index (κ3) is 6.21. The molecule has 8 rings (SSSR count). The van der Waals surface area contributed by atoms with Crippen molar-refractivity contribution < 1.29 is 0 Å². The second-order valence-corrected chi connectivity index (χ2v) is 13.5. The topological polar surface area (TPSA) is 25.2 Å².